The van der Waals surface area contributed by atoms with E-state index in [9.17, 15) is 4.79 Å². The summed E-state index contributed by atoms with van der Waals surface area (Å²) in [6.07, 6.45) is 0. The van der Waals surface area contributed by atoms with Crippen LogP contribution in [0.15, 0.2) is 33.5 Å². The molecule has 0 aliphatic rings. The van der Waals surface area contributed by atoms with Crippen LogP contribution in [-0.2, 0) is 12.8 Å². The van der Waals surface area contributed by atoms with Gasteiger partial charge in [-0.1, -0.05) is 29.5 Å². The van der Waals surface area contributed by atoms with Gasteiger partial charge in [0, 0.05) is 12.8 Å². The summed E-state index contributed by atoms with van der Waals surface area (Å²) < 4.78 is 3.89. The van der Waals surface area contributed by atoms with Gasteiger partial charge in [0.05, 0.1) is 11.4 Å². The summed E-state index contributed by atoms with van der Waals surface area (Å²) in [7, 11) is 1.82. The Kier molecular flexibility index (Phi) is 4.39. The zero-order chi connectivity index (χ0) is 14.9. The number of benzene rings is 1. The number of nitrogens with one attached hydrogen (secondary N) is 1. The number of hydrogen-bond acceptors (Lipinski definition) is 3. The van der Waals surface area contributed by atoms with Crippen LogP contribution >= 0.6 is 27.7 Å². The van der Waals surface area contributed by atoms with Crippen LogP contribution in [0.4, 0.5) is 0 Å². The van der Waals surface area contributed by atoms with Crippen molar-refractivity contribution in [1.82, 2.24) is 9.36 Å². The topological polar surface area (TPSA) is 76.8 Å². The maximum Gasteiger partial charge on any atom is 0.286 e. The molecule has 3 N–H and O–H groups in total. The number of nitrogens with two attached hydrogens (primary N) is 1. The molecule has 0 unspecified atom stereocenters. The molecule has 0 fully saturated rings. The van der Waals surface area contributed by atoms with Crippen molar-refractivity contribution in [1.29, 1.82) is 5.41 Å². The first-order valence-corrected chi connectivity index (χ1v) is 7.70. The summed E-state index contributed by atoms with van der Waals surface area (Å²) in [5.74, 6) is 0.473. The maximum atomic E-state index is 12.3. The number of aromatic nitrogens is 2. The number of amidine groups is 1. The van der Waals surface area contributed by atoms with Crippen LogP contribution in [0.25, 0.3) is 5.69 Å². The summed E-state index contributed by atoms with van der Waals surface area (Å²) in [6, 6.07) is 7.75. The fourth-order valence-electron chi connectivity index (χ4n) is 1.89. The van der Waals surface area contributed by atoms with E-state index in [-0.39, 0.29) is 10.7 Å². The third kappa shape index (κ3) is 2.83. The molecule has 1 heterocycles. The van der Waals surface area contributed by atoms with Gasteiger partial charge in [-0.25, -0.2) is 4.68 Å². The summed E-state index contributed by atoms with van der Waals surface area (Å²) in [5.41, 5.74) is 7.99. The van der Waals surface area contributed by atoms with Gasteiger partial charge in [-0.05, 0) is 35.0 Å². The molecular formula is C13H15BrN4OS. The first-order valence-electron chi connectivity index (χ1n) is 5.92. The van der Waals surface area contributed by atoms with Crippen LogP contribution in [0, 0.1) is 12.3 Å². The van der Waals surface area contributed by atoms with Crippen LogP contribution in [-0.4, -0.2) is 14.5 Å². The minimum atomic E-state index is -0.115. The van der Waals surface area contributed by atoms with Crippen molar-refractivity contribution in [2.45, 2.75) is 12.7 Å². The van der Waals surface area contributed by atoms with Gasteiger partial charge in [-0.3, -0.25) is 14.9 Å². The van der Waals surface area contributed by atoms with Crippen molar-refractivity contribution in [2.75, 3.05) is 0 Å². The lowest BCUT2D eigenvalue weighted by atomic mass is 10.2. The average Bonchev–Trinajstić information content (AvgIpc) is 2.60. The molecule has 1 aromatic carbocycles. The van der Waals surface area contributed by atoms with Gasteiger partial charge in [0.2, 0.25) is 0 Å². The predicted octanol–water partition coefficient (Wildman–Crippen LogP) is 2.37. The highest BCUT2D eigenvalue weighted by Gasteiger charge is 2.17. The number of nitrogens with zero attached hydrogens (tertiary/aromatic N) is 2. The molecule has 0 aliphatic carbocycles. The van der Waals surface area contributed by atoms with Crippen molar-refractivity contribution in [3.63, 3.8) is 0 Å². The number of thioether (sulfide) groups is 1. The first-order chi connectivity index (χ1) is 9.41. The van der Waals surface area contributed by atoms with Crippen LogP contribution in [0.3, 0.4) is 0 Å². The number of aryl methyl sites for hydroxylation is 1. The van der Waals surface area contributed by atoms with E-state index in [1.165, 1.54) is 11.8 Å². The van der Waals surface area contributed by atoms with Crippen LogP contribution in [0.1, 0.15) is 11.3 Å². The molecule has 2 rings (SSSR count). The summed E-state index contributed by atoms with van der Waals surface area (Å²) in [6.45, 7) is 2.00. The lowest BCUT2D eigenvalue weighted by molar-refractivity contribution is 0.628. The first kappa shape index (κ1) is 14.9. The minimum Gasteiger partial charge on any atom is -0.379 e. The molecule has 0 saturated carbocycles. The monoisotopic (exact) mass is 354 g/mol. The SMILES string of the molecule is Cc1ccc(-n2c(=O)c(Br)c(CSC(=N)N)n2C)cc1. The number of hydrogen-bond donors (Lipinski definition) is 2. The fourth-order valence-corrected chi connectivity index (χ4v) is 3.27. The molecule has 0 saturated heterocycles. The van der Waals surface area contributed by atoms with Gasteiger partial charge in [0.1, 0.15) is 4.47 Å². The number of halogens is 1. The van der Waals surface area contributed by atoms with Crippen LogP contribution in [0.2, 0.25) is 0 Å². The summed E-state index contributed by atoms with van der Waals surface area (Å²) in [5, 5.41) is 7.30. The molecule has 1 aromatic heterocycles. The lowest BCUT2D eigenvalue weighted by Gasteiger charge is -2.10. The van der Waals surface area contributed by atoms with Crippen LogP contribution < -0.4 is 11.3 Å². The van der Waals surface area contributed by atoms with E-state index in [1.807, 2.05) is 38.2 Å². The second-order valence-corrected chi connectivity index (χ2v) is 6.20. The smallest absolute Gasteiger partial charge is 0.286 e. The zero-order valence-electron chi connectivity index (χ0n) is 11.2. The Balaban J connectivity index is 2.50. The van der Waals surface area contributed by atoms with Crippen molar-refractivity contribution in [3.05, 3.63) is 50.3 Å². The molecule has 0 amide bonds. The Morgan fingerprint density at radius 2 is 2.00 bits per heavy atom. The second-order valence-electron chi connectivity index (χ2n) is 4.39. The maximum absolute atomic E-state index is 12.3. The molecule has 0 bridgehead atoms. The molecule has 2 aromatic rings. The van der Waals surface area contributed by atoms with Gasteiger partial charge in [-0.2, -0.15) is 0 Å². The van der Waals surface area contributed by atoms with Crippen LogP contribution in [0.5, 0.6) is 0 Å². The largest absolute Gasteiger partial charge is 0.379 e. The Labute approximate surface area is 129 Å². The van der Waals surface area contributed by atoms with Crippen molar-refractivity contribution in [2.24, 2.45) is 12.8 Å². The predicted molar refractivity (Wildman–Crippen MR) is 86.7 cm³/mol. The lowest BCUT2D eigenvalue weighted by Crippen LogP contribution is -2.19. The highest BCUT2D eigenvalue weighted by Crippen LogP contribution is 2.20. The number of rotatable bonds is 3. The van der Waals surface area contributed by atoms with E-state index in [1.54, 1.807) is 9.36 Å². The third-order valence-corrected chi connectivity index (χ3v) is 4.49. The minimum absolute atomic E-state index is 0.0347. The zero-order valence-corrected chi connectivity index (χ0v) is 13.6. The molecule has 0 atom stereocenters. The Morgan fingerprint density at radius 3 is 2.55 bits per heavy atom. The average molecular weight is 355 g/mol. The fraction of sp³-hybridized carbons (Fsp3) is 0.231. The van der Waals surface area contributed by atoms with Gasteiger partial charge in [0.25, 0.3) is 5.56 Å². The molecule has 20 heavy (non-hydrogen) atoms. The highest BCUT2D eigenvalue weighted by molar-refractivity contribution is 9.10. The summed E-state index contributed by atoms with van der Waals surface area (Å²) in [4.78, 5) is 12.3. The van der Waals surface area contributed by atoms with E-state index in [2.05, 4.69) is 15.9 Å². The van der Waals surface area contributed by atoms with Crippen molar-refractivity contribution < 1.29 is 0 Å². The van der Waals surface area contributed by atoms with Crippen molar-refractivity contribution >= 4 is 32.9 Å². The Morgan fingerprint density at radius 1 is 1.40 bits per heavy atom. The van der Waals surface area contributed by atoms with Gasteiger partial charge >= 0.3 is 0 Å². The summed E-state index contributed by atoms with van der Waals surface area (Å²) >= 11 is 4.53. The van der Waals surface area contributed by atoms with E-state index in [4.69, 9.17) is 11.1 Å². The molecule has 5 nitrogen and oxygen atoms in total. The molecule has 7 heteroatoms. The van der Waals surface area contributed by atoms with Gasteiger partial charge < -0.3 is 5.73 Å². The quantitative estimate of drug-likeness (QED) is 0.656. The normalized spacial score (nSPS) is 10.8. The molecular weight excluding hydrogens is 340 g/mol. The highest BCUT2D eigenvalue weighted by atomic mass is 79.9. The molecule has 0 aliphatic heterocycles. The molecule has 0 spiro atoms. The standard InChI is InChI=1S/C13H15BrN4OS/c1-8-3-5-9(6-4-8)18-12(19)11(14)10(17(18)2)7-20-13(15)16/h3-6H,7H2,1-2H3,(H3,15,16). The Hall–Kier alpha value is -1.47. The van der Waals surface area contributed by atoms with Crippen molar-refractivity contribution in [3.8, 4) is 5.69 Å². The van der Waals surface area contributed by atoms with Gasteiger partial charge in [-0.15, -0.1) is 0 Å². The van der Waals surface area contributed by atoms with E-state index >= 15 is 0 Å². The van der Waals surface area contributed by atoms with Gasteiger partial charge in [0.15, 0.2) is 5.17 Å². The Bertz CT molecular complexity index is 702. The van der Waals surface area contributed by atoms with E-state index in [0.29, 0.717) is 10.2 Å². The van der Waals surface area contributed by atoms with E-state index in [0.717, 1.165) is 16.9 Å². The van der Waals surface area contributed by atoms with E-state index < -0.39 is 0 Å². The molecule has 0 radical (unpaired) electrons. The second kappa shape index (κ2) is 5.88. The molecule has 106 valence electrons. The third-order valence-electron chi connectivity index (χ3n) is 2.97.